The number of nitrogens with zero attached hydrogens (tertiary/aromatic N) is 4. The fourth-order valence-corrected chi connectivity index (χ4v) is 2.29. The first-order valence-electron chi connectivity index (χ1n) is 8.79. The number of anilines is 2. The lowest BCUT2D eigenvalue weighted by Crippen LogP contribution is -2.28. The van der Waals surface area contributed by atoms with Crippen LogP contribution in [0, 0.1) is 5.92 Å². The summed E-state index contributed by atoms with van der Waals surface area (Å²) in [7, 11) is 0. The Bertz CT molecular complexity index is 903. The zero-order chi connectivity index (χ0) is 21.6. The zero-order valence-corrected chi connectivity index (χ0v) is 16.1. The van der Waals surface area contributed by atoms with Crippen LogP contribution in [-0.4, -0.2) is 33.3 Å². The molecule has 0 fully saturated rings. The first-order valence-corrected chi connectivity index (χ1v) is 8.79. The third-order valence-electron chi connectivity index (χ3n) is 4.25. The average Bonchev–Trinajstić information content (AvgIpc) is 2.72. The van der Waals surface area contributed by atoms with Crippen molar-refractivity contribution in [2.45, 2.75) is 33.1 Å². The van der Waals surface area contributed by atoms with Crippen molar-refractivity contribution >= 4 is 29.5 Å². The average molecular weight is 405 g/mol. The van der Waals surface area contributed by atoms with Crippen LogP contribution in [0.25, 0.3) is 0 Å². The second-order valence-corrected chi connectivity index (χ2v) is 6.29. The molecule has 2 N–H and O–H groups in total. The van der Waals surface area contributed by atoms with Crippen molar-refractivity contribution in [1.82, 2.24) is 10.2 Å². The molecule has 2 amide bonds. The predicted molar refractivity (Wildman–Crippen MR) is 104 cm³/mol. The maximum Gasteiger partial charge on any atom is 0.273 e. The van der Waals surface area contributed by atoms with Gasteiger partial charge in [0, 0.05) is 29.4 Å². The van der Waals surface area contributed by atoms with Crippen LogP contribution in [0.15, 0.2) is 41.5 Å². The van der Waals surface area contributed by atoms with E-state index in [-0.39, 0.29) is 35.1 Å². The molecule has 1 aromatic carbocycles. The normalized spacial score (nSPS) is 12.9. The standard InChI is InChI=1S/C19H21F2N5O3/c1-4-19(20,21)14-6-5-7-15(10-14)22-18(29)12(2)13(3)25-26(11-27)16-8-9-17(28)24-23-16/h5-12H,4H2,1-3H3,(H,22,29)(H,24,28)/b25-13-. The van der Waals surface area contributed by atoms with Gasteiger partial charge in [-0.05, 0) is 32.0 Å². The molecule has 1 atom stereocenters. The number of halogens is 2. The molecule has 0 aliphatic carbocycles. The van der Waals surface area contributed by atoms with Gasteiger partial charge in [0.1, 0.15) is 0 Å². The number of carbonyl (C=O) groups excluding carboxylic acids is 2. The molecular weight excluding hydrogens is 384 g/mol. The van der Waals surface area contributed by atoms with Gasteiger partial charge < -0.3 is 10.4 Å². The Morgan fingerprint density at radius 3 is 2.66 bits per heavy atom. The number of hydrogen-bond donors (Lipinski definition) is 2. The van der Waals surface area contributed by atoms with E-state index in [0.717, 1.165) is 5.01 Å². The Kier molecular flexibility index (Phi) is 6.92. The third kappa shape index (κ3) is 5.53. The summed E-state index contributed by atoms with van der Waals surface area (Å²) in [5.41, 5.74) is 0.324. The van der Waals surface area contributed by atoms with Crippen LogP contribution in [0.2, 0.25) is 0 Å². The van der Waals surface area contributed by atoms with Crippen LogP contribution in [-0.2, 0) is 15.5 Å². The minimum atomic E-state index is -2.99. The van der Waals surface area contributed by atoms with Gasteiger partial charge in [-0.3, -0.25) is 9.59 Å². The molecule has 10 heteroatoms. The van der Waals surface area contributed by atoms with Crippen molar-refractivity contribution in [2.75, 3.05) is 10.3 Å². The molecule has 0 radical (unpaired) electrons. The second kappa shape index (κ2) is 9.18. The number of aromatic hydroxyl groups is 1. The lowest BCUT2D eigenvalue weighted by Gasteiger charge is -2.17. The van der Waals surface area contributed by atoms with Crippen LogP contribution in [0.3, 0.4) is 0 Å². The first-order chi connectivity index (χ1) is 13.7. The molecular formula is C19H21F2N5O3. The fraction of sp³-hybridized carbons (Fsp3) is 0.316. The Morgan fingerprint density at radius 1 is 1.34 bits per heavy atom. The van der Waals surface area contributed by atoms with Gasteiger partial charge in [0.05, 0.1) is 5.92 Å². The summed E-state index contributed by atoms with van der Waals surface area (Å²) >= 11 is 0. The number of rotatable bonds is 8. The molecule has 0 aliphatic heterocycles. The highest BCUT2D eigenvalue weighted by molar-refractivity contribution is 6.08. The molecule has 2 aromatic rings. The van der Waals surface area contributed by atoms with E-state index in [1.807, 2.05) is 0 Å². The van der Waals surface area contributed by atoms with E-state index >= 15 is 0 Å². The van der Waals surface area contributed by atoms with Gasteiger partial charge in [0.2, 0.25) is 18.2 Å². The SMILES string of the molecule is CCC(F)(F)c1cccc(NC(=O)C(C)/C(C)=N\N(C=O)c2ccc(O)nn2)c1. The maximum atomic E-state index is 13.9. The Labute approximate surface area is 166 Å². The highest BCUT2D eigenvalue weighted by Gasteiger charge is 2.29. The summed E-state index contributed by atoms with van der Waals surface area (Å²) < 4.78 is 27.7. The summed E-state index contributed by atoms with van der Waals surface area (Å²) in [4.78, 5) is 23.8. The van der Waals surface area contributed by atoms with Crippen LogP contribution in [0.5, 0.6) is 5.88 Å². The maximum absolute atomic E-state index is 13.9. The number of amides is 2. The van der Waals surface area contributed by atoms with Crippen molar-refractivity contribution in [3.8, 4) is 5.88 Å². The van der Waals surface area contributed by atoms with Crippen LogP contribution in [0.4, 0.5) is 20.3 Å². The molecule has 154 valence electrons. The van der Waals surface area contributed by atoms with Gasteiger partial charge >= 0.3 is 0 Å². The Hall–Kier alpha value is -3.43. The molecule has 1 heterocycles. The summed E-state index contributed by atoms with van der Waals surface area (Å²) in [6.45, 7) is 4.48. The monoisotopic (exact) mass is 405 g/mol. The van der Waals surface area contributed by atoms with Crippen LogP contribution < -0.4 is 10.3 Å². The van der Waals surface area contributed by atoms with Gasteiger partial charge in [0.25, 0.3) is 5.92 Å². The first kappa shape index (κ1) is 21.9. The highest BCUT2D eigenvalue weighted by Crippen LogP contribution is 2.32. The molecule has 29 heavy (non-hydrogen) atoms. The quantitative estimate of drug-likeness (QED) is 0.398. The smallest absolute Gasteiger partial charge is 0.273 e. The summed E-state index contributed by atoms with van der Waals surface area (Å²) in [6, 6.07) is 8.05. The molecule has 0 saturated carbocycles. The topological polar surface area (TPSA) is 108 Å². The number of hydrogen-bond acceptors (Lipinski definition) is 6. The van der Waals surface area contributed by atoms with E-state index in [0.29, 0.717) is 6.41 Å². The number of hydrazone groups is 1. The molecule has 1 unspecified atom stereocenters. The van der Waals surface area contributed by atoms with Crippen LogP contribution in [0.1, 0.15) is 32.8 Å². The van der Waals surface area contributed by atoms with E-state index in [1.165, 1.54) is 50.2 Å². The number of aromatic nitrogens is 2. The van der Waals surface area contributed by atoms with E-state index in [2.05, 4.69) is 20.6 Å². The van der Waals surface area contributed by atoms with Crippen molar-refractivity contribution in [3.05, 3.63) is 42.0 Å². The number of benzene rings is 1. The lowest BCUT2D eigenvalue weighted by atomic mass is 10.0. The Morgan fingerprint density at radius 2 is 2.07 bits per heavy atom. The summed E-state index contributed by atoms with van der Waals surface area (Å²) in [6.07, 6.45) is 0.0275. The number of alkyl halides is 2. The fourth-order valence-electron chi connectivity index (χ4n) is 2.29. The van der Waals surface area contributed by atoms with E-state index in [4.69, 9.17) is 5.11 Å². The van der Waals surface area contributed by atoms with Gasteiger partial charge in [-0.15, -0.1) is 10.2 Å². The molecule has 0 saturated heterocycles. The number of nitrogens with one attached hydrogen (secondary N) is 1. The van der Waals surface area contributed by atoms with E-state index in [9.17, 15) is 18.4 Å². The molecule has 0 bridgehead atoms. The molecule has 0 spiro atoms. The van der Waals surface area contributed by atoms with Crippen molar-refractivity contribution in [2.24, 2.45) is 11.0 Å². The zero-order valence-electron chi connectivity index (χ0n) is 16.1. The van der Waals surface area contributed by atoms with Gasteiger partial charge in [-0.1, -0.05) is 19.1 Å². The van der Waals surface area contributed by atoms with E-state index < -0.39 is 17.7 Å². The van der Waals surface area contributed by atoms with Gasteiger partial charge in [-0.25, -0.2) is 8.78 Å². The van der Waals surface area contributed by atoms with Crippen molar-refractivity contribution in [1.29, 1.82) is 0 Å². The predicted octanol–water partition coefficient (Wildman–Crippen LogP) is 3.30. The third-order valence-corrected chi connectivity index (χ3v) is 4.25. The molecule has 0 aliphatic rings. The Balaban J connectivity index is 2.14. The van der Waals surface area contributed by atoms with Gasteiger partial charge in [0.15, 0.2) is 5.82 Å². The van der Waals surface area contributed by atoms with Crippen molar-refractivity contribution < 1.29 is 23.5 Å². The molecule has 8 nitrogen and oxygen atoms in total. The summed E-state index contributed by atoms with van der Waals surface area (Å²) in [5.74, 6) is -4.49. The minimum Gasteiger partial charge on any atom is -0.492 e. The molecule has 1 aromatic heterocycles. The second-order valence-electron chi connectivity index (χ2n) is 6.29. The van der Waals surface area contributed by atoms with E-state index in [1.54, 1.807) is 6.92 Å². The summed E-state index contributed by atoms with van der Waals surface area (Å²) in [5, 5.41) is 23.7. The number of carbonyl (C=O) groups is 2. The lowest BCUT2D eigenvalue weighted by molar-refractivity contribution is -0.117. The largest absolute Gasteiger partial charge is 0.492 e. The highest BCUT2D eigenvalue weighted by atomic mass is 19.3. The molecule has 2 rings (SSSR count). The minimum absolute atomic E-state index is 0.0549. The van der Waals surface area contributed by atoms with Crippen molar-refractivity contribution in [3.63, 3.8) is 0 Å². The van der Waals surface area contributed by atoms with Crippen LogP contribution >= 0.6 is 0 Å². The van der Waals surface area contributed by atoms with Gasteiger partial charge in [-0.2, -0.15) is 10.1 Å².